The Labute approximate surface area is 120 Å². The zero-order valence-electron chi connectivity index (χ0n) is 13.1. The summed E-state index contributed by atoms with van der Waals surface area (Å²) in [5, 5.41) is 2.86. The molecule has 0 atom stereocenters. The van der Waals surface area contributed by atoms with Crippen molar-refractivity contribution in [2.45, 2.75) is 64.2 Å². The normalized spacial score (nSPS) is 22.9. The molecule has 1 aliphatic rings. The highest BCUT2D eigenvalue weighted by Gasteiger charge is 2.26. The molecule has 0 unspecified atom stereocenters. The Bertz CT molecular complexity index is 342. The lowest BCUT2D eigenvalue weighted by Crippen LogP contribution is -2.42. The molecule has 20 heavy (non-hydrogen) atoms. The van der Waals surface area contributed by atoms with E-state index < -0.39 is 5.60 Å². The van der Waals surface area contributed by atoms with Crippen LogP contribution >= 0.6 is 0 Å². The summed E-state index contributed by atoms with van der Waals surface area (Å²) >= 11 is 0. The van der Waals surface area contributed by atoms with Crippen molar-refractivity contribution in [3.8, 4) is 0 Å². The first kappa shape index (κ1) is 16.6. The maximum absolute atomic E-state index is 11.7. The van der Waals surface area contributed by atoms with E-state index in [1.165, 1.54) is 4.90 Å². The summed E-state index contributed by atoms with van der Waals surface area (Å²) in [6, 6.07) is 0.0964. The van der Waals surface area contributed by atoms with Crippen LogP contribution < -0.4 is 5.32 Å². The van der Waals surface area contributed by atoms with Crippen molar-refractivity contribution >= 4 is 12.2 Å². The number of ether oxygens (including phenoxy) is 2. The van der Waals surface area contributed by atoms with E-state index >= 15 is 0 Å². The van der Waals surface area contributed by atoms with Crippen LogP contribution in [0.3, 0.4) is 0 Å². The predicted octanol–water partition coefficient (Wildman–Crippen LogP) is 2.52. The van der Waals surface area contributed by atoms with Gasteiger partial charge in [-0.2, -0.15) is 0 Å². The maximum Gasteiger partial charge on any atom is 0.409 e. The Morgan fingerprint density at radius 1 is 1.10 bits per heavy atom. The van der Waals surface area contributed by atoms with Crippen molar-refractivity contribution in [2.75, 3.05) is 14.1 Å². The van der Waals surface area contributed by atoms with Gasteiger partial charge in [-0.15, -0.1) is 0 Å². The number of nitrogens with zero attached hydrogens (tertiary/aromatic N) is 1. The van der Waals surface area contributed by atoms with Crippen LogP contribution in [-0.4, -0.2) is 48.9 Å². The van der Waals surface area contributed by atoms with E-state index in [9.17, 15) is 9.59 Å². The molecule has 1 rings (SSSR count). The van der Waals surface area contributed by atoms with Gasteiger partial charge in [0.15, 0.2) is 0 Å². The third-order valence-corrected chi connectivity index (χ3v) is 3.03. The molecule has 0 spiro atoms. The number of amides is 2. The Kier molecular flexibility index (Phi) is 5.65. The van der Waals surface area contributed by atoms with Gasteiger partial charge in [-0.1, -0.05) is 0 Å². The molecule has 6 heteroatoms. The molecule has 1 aliphatic carbocycles. The van der Waals surface area contributed by atoms with Gasteiger partial charge in [-0.25, -0.2) is 9.59 Å². The molecular weight excluding hydrogens is 260 g/mol. The second-order valence-electron chi connectivity index (χ2n) is 6.40. The molecule has 0 aromatic rings. The second-order valence-corrected chi connectivity index (χ2v) is 6.40. The average Bonchev–Trinajstić information content (AvgIpc) is 2.28. The zero-order valence-corrected chi connectivity index (χ0v) is 13.1. The van der Waals surface area contributed by atoms with Crippen LogP contribution in [0.2, 0.25) is 0 Å². The van der Waals surface area contributed by atoms with Crippen molar-refractivity contribution in [2.24, 2.45) is 0 Å². The van der Waals surface area contributed by atoms with Gasteiger partial charge in [0.25, 0.3) is 0 Å². The number of rotatable bonds is 2. The lowest BCUT2D eigenvalue weighted by atomic mass is 9.93. The lowest BCUT2D eigenvalue weighted by Gasteiger charge is -2.30. The van der Waals surface area contributed by atoms with Crippen LogP contribution in [-0.2, 0) is 9.47 Å². The topological polar surface area (TPSA) is 67.9 Å². The Morgan fingerprint density at radius 2 is 1.65 bits per heavy atom. The molecule has 0 aromatic carbocycles. The summed E-state index contributed by atoms with van der Waals surface area (Å²) in [6.45, 7) is 5.51. The van der Waals surface area contributed by atoms with E-state index in [0.29, 0.717) is 0 Å². The smallest absolute Gasteiger partial charge is 0.409 e. The molecule has 0 radical (unpaired) electrons. The van der Waals surface area contributed by atoms with Crippen molar-refractivity contribution in [3.05, 3.63) is 0 Å². The van der Waals surface area contributed by atoms with Gasteiger partial charge in [0, 0.05) is 20.1 Å². The third-order valence-electron chi connectivity index (χ3n) is 3.03. The summed E-state index contributed by atoms with van der Waals surface area (Å²) in [7, 11) is 3.33. The fourth-order valence-corrected chi connectivity index (χ4v) is 2.05. The van der Waals surface area contributed by atoms with Crippen molar-refractivity contribution < 1.29 is 19.1 Å². The number of carbonyl (C=O) groups is 2. The van der Waals surface area contributed by atoms with E-state index in [0.717, 1.165) is 25.7 Å². The lowest BCUT2D eigenvalue weighted by molar-refractivity contribution is 0.0375. The first-order chi connectivity index (χ1) is 9.17. The van der Waals surface area contributed by atoms with Crippen molar-refractivity contribution in [1.82, 2.24) is 10.2 Å². The van der Waals surface area contributed by atoms with Crippen LogP contribution in [0.1, 0.15) is 46.5 Å². The molecule has 1 fully saturated rings. The minimum Gasteiger partial charge on any atom is -0.446 e. The van der Waals surface area contributed by atoms with Crippen LogP contribution in [0, 0.1) is 0 Å². The SMILES string of the molecule is CN(C)C(=O)OC1CCC(NC(=O)OC(C)(C)C)CC1. The minimum absolute atomic E-state index is 0.0541. The van der Waals surface area contributed by atoms with Gasteiger partial charge < -0.3 is 19.7 Å². The highest BCUT2D eigenvalue weighted by Crippen LogP contribution is 2.22. The molecule has 0 saturated heterocycles. The number of nitrogens with one attached hydrogen (secondary N) is 1. The number of alkyl carbamates (subject to hydrolysis) is 1. The number of carbonyl (C=O) groups excluding carboxylic acids is 2. The van der Waals surface area contributed by atoms with Crippen LogP contribution in [0.15, 0.2) is 0 Å². The molecule has 2 amide bonds. The van der Waals surface area contributed by atoms with Gasteiger partial charge in [-0.05, 0) is 46.5 Å². The summed E-state index contributed by atoms with van der Waals surface area (Å²) < 4.78 is 10.6. The molecule has 0 heterocycles. The fraction of sp³-hybridized carbons (Fsp3) is 0.857. The second kappa shape index (κ2) is 6.81. The summed E-state index contributed by atoms with van der Waals surface area (Å²) in [5.41, 5.74) is -0.484. The molecule has 6 nitrogen and oxygen atoms in total. The average molecular weight is 286 g/mol. The molecule has 0 aromatic heterocycles. The van der Waals surface area contributed by atoms with E-state index in [1.54, 1.807) is 14.1 Å². The van der Waals surface area contributed by atoms with Crippen LogP contribution in [0.5, 0.6) is 0 Å². The van der Waals surface area contributed by atoms with E-state index in [1.807, 2.05) is 20.8 Å². The third kappa shape index (κ3) is 6.12. The molecule has 116 valence electrons. The summed E-state index contributed by atoms with van der Waals surface area (Å²) in [5.74, 6) is 0. The number of hydrogen-bond acceptors (Lipinski definition) is 4. The molecule has 0 bridgehead atoms. The van der Waals surface area contributed by atoms with Crippen LogP contribution in [0.25, 0.3) is 0 Å². The van der Waals surface area contributed by atoms with Crippen LogP contribution in [0.4, 0.5) is 9.59 Å². The first-order valence-electron chi connectivity index (χ1n) is 7.05. The highest BCUT2D eigenvalue weighted by atomic mass is 16.6. The van der Waals surface area contributed by atoms with E-state index in [2.05, 4.69) is 5.32 Å². The van der Waals surface area contributed by atoms with Gasteiger partial charge in [-0.3, -0.25) is 0 Å². The van der Waals surface area contributed by atoms with Gasteiger partial charge in [0.05, 0.1) is 0 Å². The first-order valence-corrected chi connectivity index (χ1v) is 7.05. The van der Waals surface area contributed by atoms with Crippen molar-refractivity contribution in [3.63, 3.8) is 0 Å². The van der Waals surface area contributed by atoms with Gasteiger partial charge in [0.2, 0.25) is 0 Å². The van der Waals surface area contributed by atoms with E-state index in [4.69, 9.17) is 9.47 Å². The molecule has 0 aliphatic heterocycles. The molecular formula is C14H26N2O4. The molecule has 1 N–H and O–H groups in total. The quantitative estimate of drug-likeness (QED) is 0.847. The van der Waals surface area contributed by atoms with Gasteiger partial charge in [0.1, 0.15) is 11.7 Å². The monoisotopic (exact) mass is 286 g/mol. The maximum atomic E-state index is 11.7. The summed E-state index contributed by atoms with van der Waals surface area (Å²) in [4.78, 5) is 24.5. The largest absolute Gasteiger partial charge is 0.446 e. The molecule has 1 saturated carbocycles. The number of hydrogen-bond donors (Lipinski definition) is 1. The Morgan fingerprint density at radius 3 is 2.10 bits per heavy atom. The Balaban J connectivity index is 2.29. The minimum atomic E-state index is -0.484. The van der Waals surface area contributed by atoms with E-state index in [-0.39, 0.29) is 24.3 Å². The fourth-order valence-electron chi connectivity index (χ4n) is 2.05. The highest BCUT2D eigenvalue weighted by molar-refractivity contribution is 5.68. The Hall–Kier alpha value is -1.46. The zero-order chi connectivity index (χ0) is 15.3. The van der Waals surface area contributed by atoms with Gasteiger partial charge >= 0.3 is 12.2 Å². The standard InChI is InChI=1S/C14H26N2O4/c1-14(2,3)20-12(17)15-10-6-8-11(9-7-10)19-13(18)16(4)5/h10-11H,6-9H2,1-5H3,(H,15,17). The predicted molar refractivity (Wildman–Crippen MR) is 75.6 cm³/mol. The summed E-state index contributed by atoms with van der Waals surface area (Å²) in [6.07, 6.45) is 2.37. The van der Waals surface area contributed by atoms with Crippen molar-refractivity contribution in [1.29, 1.82) is 0 Å².